The Hall–Kier alpha value is -0.570. The lowest BCUT2D eigenvalue weighted by Gasteiger charge is -2.24. The fourth-order valence-electron chi connectivity index (χ4n) is 3.11. The predicted molar refractivity (Wildman–Crippen MR) is 71.2 cm³/mol. The molecule has 0 spiro atoms. The summed E-state index contributed by atoms with van der Waals surface area (Å²) in [5.41, 5.74) is 1.37. The number of halogens is 1. The van der Waals surface area contributed by atoms with Gasteiger partial charge in [-0.3, -0.25) is 4.90 Å². The first-order valence-corrected chi connectivity index (χ1v) is 6.89. The standard InChI is InChI=1S/C14H19ClN2/c15-13-5-3-11(4-6-13)8-17-9-12-2-1-7-16-14(12)10-17/h3-6,12,14,16H,1-2,7-10H2. The van der Waals surface area contributed by atoms with Crippen LogP contribution in [-0.4, -0.2) is 30.6 Å². The van der Waals surface area contributed by atoms with E-state index in [4.69, 9.17) is 11.6 Å². The van der Waals surface area contributed by atoms with Crippen molar-refractivity contribution in [2.45, 2.75) is 25.4 Å². The Labute approximate surface area is 108 Å². The lowest BCUT2D eigenvalue weighted by atomic mass is 9.94. The predicted octanol–water partition coefficient (Wildman–Crippen LogP) is 2.52. The highest BCUT2D eigenvalue weighted by atomic mass is 35.5. The van der Waals surface area contributed by atoms with Crippen LogP contribution >= 0.6 is 11.6 Å². The molecule has 2 heterocycles. The van der Waals surface area contributed by atoms with Gasteiger partial charge in [0.15, 0.2) is 0 Å². The van der Waals surface area contributed by atoms with Crippen LogP contribution in [0.3, 0.4) is 0 Å². The van der Waals surface area contributed by atoms with E-state index in [9.17, 15) is 0 Å². The first-order valence-electron chi connectivity index (χ1n) is 6.51. The van der Waals surface area contributed by atoms with Crippen molar-refractivity contribution < 1.29 is 0 Å². The molecule has 2 atom stereocenters. The summed E-state index contributed by atoms with van der Waals surface area (Å²) in [6, 6.07) is 8.97. The maximum Gasteiger partial charge on any atom is 0.0406 e. The van der Waals surface area contributed by atoms with Gasteiger partial charge in [0.25, 0.3) is 0 Å². The molecule has 0 bridgehead atoms. The fraction of sp³-hybridized carbons (Fsp3) is 0.571. The summed E-state index contributed by atoms with van der Waals surface area (Å²) >= 11 is 5.90. The molecular weight excluding hydrogens is 232 g/mol. The molecule has 0 radical (unpaired) electrons. The summed E-state index contributed by atoms with van der Waals surface area (Å²) in [7, 11) is 0. The molecule has 0 aromatic heterocycles. The van der Waals surface area contributed by atoms with E-state index >= 15 is 0 Å². The van der Waals surface area contributed by atoms with E-state index in [1.807, 2.05) is 12.1 Å². The molecule has 1 aromatic carbocycles. The third-order valence-electron chi connectivity index (χ3n) is 3.99. The van der Waals surface area contributed by atoms with Crippen LogP contribution in [0.4, 0.5) is 0 Å². The van der Waals surface area contributed by atoms with Gasteiger partial charge in [-0.1, -0.05) is 23.7 Å². The Balaban J connectivity index is 1.61. The second-order valence-corrected chi connectivity index (χ2v) is 5.72. The van der Waals surface area contributed by atoms with E-state index in [0.717, 1.165) is 23.5 Å². The molecule has 17 heavy (non-hydrogen) atoms. The summed E-state index contributed by atoms with van der Waals surface area (Å²) < 4.78 is 0. The molecule has 1 aromatic rings. The second-order valence-electron chi connectivity index (χ2n) is 5.28. The Morgan fingerprint density at radius 1 is 1.24 bits per heavy atom. The molecule has 2 fully saturated rings. The normalized spacial score (nSPS) is 29.2. The van der Waals surface area contributed by atoms with E-state index < -0.39 is 0 Å². The van der Waals surface area contributed by atoms with Gasteiger partial charge in [-0.15, -0.1) is 0 Å². The maximum atomic E-state index is 5.90. The van der Waals surface area contributed by atoms with Crippen LogP contribution in [0.2, 0.25) is 5.02 Å². The zero-order valence-electron chi connectivity index (χ0n) is 10.0. The van der Waals surface area contributed by atoms with Gasteiger partial charge in [-0.05, 0) is 43.0 Å². The topological polar surface area (TPSA) is 15.3 Å². The monoisotopic (exact) mass is 250 g/mol. The van der Waals surface area contributed by atoms with Gasteiger partial charge in [0, 0.05) is 30.7 Å². The summed E-state index contributed by atoms with van der Waals surface area (Å²) in [6.45, 7) is 4.72. The zero-order valence-corrected chi connectivity index (χ0v) is 10.8. The molecule has 2 saturated heterocycles. The summed E-state index contributed by atoms with van der Waals surface area (Å²) in [5, 5.41) is 4.47. The van der Waals surface area contributed by atoms with Crippen LogP contribution in [0.25, 0.3) is 0 Å². The number of hydrogen-bond acceptors (Lipinski definition) is 2. The van der Waals surface area contributed by atoms with Crippen molar-refractivity contribution in [3.63, 3.8) is 0 Å². The van der Waals surface area contributed by atoms with E-state index in [2.05, 4.69) is 22.3 Å². The molecule has 92 valence electrons. The van der Waals surface area contributed by atoms with Crippen molar-refractivity contribution in [1.82, 2.24) is 10.2 Å². The molecule has 1 N–H and O–H groups in total. The fourth-order valence-corrected chi connectivity index (χ4v) is 3.24. The summed E-state index contributed by atoms with van der Waals surface area (Å²) in [4.78, 5) is 2.57. The highest BCUT2D eigenvalue weighted by Crippen LogP contribution is 2.26. The molecule has 0 amide bonds. The van der Waals surface area contributed by atoms with Gasteiger partial charge >= 0.3 is 0 Å². The summed E-state index contributed by atoms with van der Waals surface area (Å²) in [5.74, 6) is 0.871. The molecule has 0 aliphatic carbocycles. The Bertz CT molecular complexity index is 362. The van der Waals surface area contributed by atoms with Gasteiger partial charge in [0.2, 0.25) is 0 Å². The average molecular weight is 251 g/mol. The van der Waals surface area contributed by atoms with Gasteiger partial charge in [0.05, 0.1) is 0 Å². The van der Waals surface area contributed by atoms with Gasteiger partial charge < -0.3 is 5.32 Å². The Morgan fingerprint density at radius 3 is 2.82 bits per heavy atom. The van der Waals surface area contributed by atoms with E-state index in [1.54, 1.807) is 0 Å². The van der Waals surface area contributed by atoms with Crippen LogP contribution in [0.15, 0.2) is 24.3 Å². The molecule has 2 nitrogen and oxygen atoms in total. The number of rotatable bonds is 2. The molecular formula is C14H19ClN2. The van der Waals surface area contributed by atoms with Crippen molar-refractivity contribution >= 4 is 11.6 Å². The summed E-state index contributed by atoms with van der Waals surface area (Å²) in [6.07, 6.45) is 2.74. The lowest BCUT2D eigenvalue weighted by molar-refractivity contribution is 0.312. The highest BCUT2D eigenvalue weighted by molar-refractivity contribution is 6.30. The van der Waals surface area contributed by atoms with Crippen LogP contribution in [0.5, 0.6) is 0 Å². The number of nitrogens with one attached hydrogen (secondary N) is 1. The lowest BCUT2D eigenvalue weighted by Crippen LogP contribution is -2.40. The molecule has 3 heteroatoms. The number of piperidine rings is 1. The number of fused-ring (bicyclic) bond motifs is 1. The van der Waals surface area contributed by atoms with Gasteiger partial charge in [-0.25, -0.2) is 0 Å². The molecule has 2 unspecified atom stereocenters. The third kappa shape index (κ3) is 2.65. The zero-order chi connectivity index (χ0) is 11.7. The molecule has 2 aliphatic heterocycles. The smallest absolute Gasteiger partial charge is 0.0406 e. The molecule has 0 saturated carbocycles. The Kier molecular flexibility index (Phi) is 3.37. The van der Waals surface area contributed by atoms with Crippen LogP contribution in [0.1, 0.15) is 18.4 Å². The Morgan fingerprint density at radius 2 is 2.06 bits per heavy atom. The minimum Gasteiger partial charge on any atom is -0.312 e. The first kappa shape index (κ1) is 11.5. The minimum atomic E-state index is 0.732. The van der Waals surface area contributed by atoms with Crippen molar-refractivity contribution in [3.05, 3.63) is 34.9 Å². The average Bonchev–Trinajstić information content (AvgIpc) is 2.74. The van der Waals surface area contributed by atoms with Crippen molar-refractivity contribution in [2.24, 2.45) is 5.92 Å². The van der Waals surface area contributed by atoms with Crippen molar-refractivity contribution in [2.75, 3.05) is 19.6 Å². The largest absolute Gasteiger partial charge is 0.312 e. The second kappa shape index (κ2) is 4.97. The molecule has 2 aliphatic rings. The SMILES string of the molecule is Clc1ccc(CN2CC3CCCNC3C2)cc1. The van der Waals surface area contributed by atoms with Gasteiger partial charge in [-0.2, -0.15) is 0 Å². The number of likely N-dealkylation sites (tertiary alicyclic amines) is 1. The van der Waals surface area contributed by atoms with E-state index in [1.165, 1.54) is 38.0 Å². The number of nitrogens with zero attached hydrogens (tertiary/aromatic N) is 1. The quantitative estimate of drug-likeness (QED) is 0.868. The van der Waals surface area contributed by atoms with Gasteiger partial charge in [0.1, 0.15) is 0 Å². The van der Waals surface area contributed by atoms with Crippen LogP contribution in [0, 0.1) is 5.92 Å². The number of hydrogen-bond donors (Lipinski definition) is 1. The maximum absolute atomic E-state index is 5.90. The van der Waals surface area contributed by atoms with Crippen LogP contribution < -0.4 is 5.32 Å². The third-order valence-corrected chi connectivity index (χ3v) is 4.25. The minimum absolute atomic E-state index is 0.732. The van der Waals surface area contributed by atoms with E-state index in [0.29, 0.717) is 0 Å². The van der Waals surface area contributed by atoms with Crippen molar-refractivity contribution in [1.29, 1.82) is 0 Å². The number of benzene rings is 1. The van der Waals surface area contributed by atoms with Crippen molar-refractivity contribution in [3.8, 4) is 0 Å². The highest BCUT2D eigenvalue weighted by Gasteiger charge is 2.33. The van der Waals surface area contributed by atoms with Crippen LogP contribution in [-0.2, 0) is 6.54 Å². The molecule has 3 rings (SSSR count). The van der Waals surface area contributed by atoms with E-state index in [-0.39, 0.29) is 0 Å². The first-order chi connectivity index (χ1) is 8.31.